The molecule has 0 saturated heterocycles. The number of carbonyl (C=O) groups is 1. The molecule has 1 N–H and O–H groups in total. The molecule has 0 saturated carbocycles. The lowest BCUT2D eigenvalue weighted by atomic mass is 9.82. The van der Waals surface area contributed by atoms with Crippen LogP contribution < -0.4 is 23.7 Å². The van der Waals surface area contributed by atoms with Crippen molar-refractivity contribution in [3.63, 3.8) is 0 Å². The molecule has 0 aromatic heterocycles. The first-order chi connectivity index (χ1) is 14.2. The van der Waals surface area contributed by atoms with E-state index >= 15 is 0 Å². The molecule has 7 heteroatoms. The Balaban J connectivity index is 1.86. The van der Waals surface area contributed by atoms with Crippen molar-refractivity contribution in [3.8, 4) is 28.7 Å². The van der Waals surface area contributed by atoms with Crippen LogP contribution in [0.5, 0.6) is 28.7 Å². The summed E-state index contributed by atoms with van der Waals surface area (Å²) in [6, 6.07) is 6.53. The molecule has 0 fully saturated rings. The summed E-state index contributed by atoms with van der Waals surface area (Å²) >= 11 is 0. The van der Waals surface area contributed by atoms with E-state index < -0.39 is 17.0 Å². The number of hydrogen-bond donors (Lipinski definition) is 1. The standard InChI is InChI=1S/C23H24O7/c1-22(2)9-8-14-16(30-22)7-6-15(20(14)28-5)23(25)12-29-18-11-13(26-3)10-17(27-4)19(18)21(23)24/h6-11,25H,12H2,1-5H3/t23-/m0/s1. The van der Waals surface area contributed by atoms with Gasteiger partial charge in [-0.1, -0.05) is 0 Å². The third-order valence-corrected chi connectivity index (χ3v) is 5.36. The molecule has 158 valence electrons. The molecule has 30 heavy (non-hydrogen) atoms. The lowest BCUT2D eigenvalue weighted by Crippen LogP contribution is -2.45. The largest absolute Gasteiger partial charge is 0.496 e. The average molecular weight is 412 g/mol. The van der Waals surface area contributed by atoms with Gasteiger partial charge in [-0.3, -0.25) is 4.79 Å². The predicted molar refractivity (Wildman–Crippen MR) is 110 cm³/mol. The van der Waals surface area contributed by atoms with E-state index in [9.17, 15) is 9.90 Å². The van der Waals surface area contributed by atoms with Gasteiger partial charge in [-0.05, 0) is 38.1 Å². The Morgan fingerprint density at radius 1 is 1.03 bits per heavy atom. The zero-order valence-electron chi connectivity index (χ0n) is 17.6. The molecule has 4 rings (SSSR count). The van der Waals surface area contributed by atoms with Crippen LogP contribution in [0.15, 0.2) is 30.3 Å². The van der Waals surface area contributed by atoms with Gasteiger partial charge < -0.3 is 28.8 Å². The monoisotopic (exact) mass is 412 g/mol. The Morgan fingerprint density at radius 3 is 2.47 bits per heavy atom. The van der Waals surface area contributed by atoms with Gasteiger partial charge in [0.2, 0.25) is 5.78 Å². The number of rotatable bonds is 4. The molecule has 0 radical (unpaired) electrons. The first-order valence-corrected chi connectivity index (χ1v) is 9.50. The van der Waals surface area contributed by atoms with E-state index in [2.05, 4.69) is 0 Å². The van der Waals surface area contributed by atoms with E-state index in [1.54, 1.807) is 24.3 Å². The SMILES string of the molecule is COc1cc(OC)c2c(c1)OC[C@](O)(c1ccc3c(c1OC)C=CC(C)(C)O3)C2=O. The van der Waals surface area contributed by atoms with E-state index in [-0.39, 0.29) is 17.9 Å². The van der Waals surface area contributed by atoms with Crippen molar-refractivity contribution in [2.24, 2.45) is 0 Å². The molecule has 2 heterocycles. The van der Waals surface area contributed by atoms with Crippen LogP contribution in [0.2, 0.25) is 0 Å². The first-order valence-electron chi connectivity index (χ1n) is 9.50. The normalized spacial score (nSPS) is 21.1. The second kappa shape index (κ2) is 6.95. The number of fused-ring (bicyclic) bond motifs is 2. The van der Waals surface area contributed by atoms with Crippen LogP contribution in [-0.2, 0) is 5.60 Å². The van der Waals surface area contributed by atoms with Gasteiger partial charge >= 0.3 is 0 Å². The molecule has 0 unspecified atom stereocenters. The van der Waals surface area contributed by atoms with Crippen molar-refractivity contribution in [1.29, 1.82) is 0 Å². The Labute approximate surface area is 174 Å². The Morgan fingerprint density at radius 2 is 1.80 bits per heavy atom. The van der Waals surface area contributed by atoms with Crippen molar-refractivity contribution in [2.75, 3.05) is 27.9 Å². The van der Waals surface area contributed by atoms with Crippen molar-refractivity contribution < 1.29 is 33.6 Å². The van der Waals surface area contributed by atoms with Gasteiger partial charge in [-0.25, -0.2) is 0 Å². The molecule has 0 aliphatic carbocycles. The van der Waals surface area contributed by atoms with Gasteiger partial charge in [0.15, 0.2) is 5.60 Å². The van der Waals surface area contributed by atoms with E-state index in [0.717, 1.165) is 0 Å². The minimum atomic E-state index is -1.96. The van der Waals surface area contributed by atoms with Crippen LogP contribution in [0.1, 0.15) is 35.3 Å². The summed E-state index contributed by atoms with van der Waals surface area (Å²) < 4.78 is 28.0. The number of aliphatic hydroxyl groups is 1. The minimum absolute atomic E-state index is 0.153. The van der Waals surface area contributed by atoms with Crippen LogP contribution in [0, 0.1) is 0 Å². The zero-order chi connectivity index (χ0) is 21.7. The topological polar surface area (TPSA) is 83.5 Å². The smallest absolute Gasteiger partial charge is 0.210 e. The Kier molecular flexibility index (Phi) is 4.66. The lowest BCUT2D eigenvalue weighted by molar-refractivity contribution is -0.00683. The van der Waals surface area contributed by atoms with Crippen LogP contribution >= 0.6 is 0 Å². The number of ether oxygens (including phenoxy) is 5. The maximum Gasteiger partial charge on any atom is 0.210 e. The van der Waals surface area contributed by atoms with Crippen LogP contribution in [0.25, 0.3) is 6.08 Å². The average Bonchev–Trinajstić information content (AvgIpc) is 2.73. The fraction of sp³-hybridized carbons (Fsp3) is 0.348. The van der Waals surface area contributed by atoms with Crippen molar-refractivity contribution in [3.05, 3.63) is 47.0 Å². The summed E-state index contributed by atoms with van der Waals surface area (Å²) in [5, 5.41) is 11.5. The van der Waals surface area contributed by atoms with Gasteiger partial charge in [0, 0.05) is 17.7 Å². The number of hydrogen-bond acceptors (Lipinski definition) is 7. The second-order valence-corrected chi connectivity index (χ2v) is 7.78. The molecule has 2 aliphatic rings. The number of ketones is 1. The van der Waals surface area contributed by atoms with E-state index in [1.807, 2.05) is 26.0 Å². The molecule has 1 atom stereocenters. The van der Waals surface area contributed by atoms with E-state index in [1.165, 1.54) is 21.3 Å². The highest BCUT2D eigenvalue weighted by atomic mass is 16.5. The van der Waals surface area contributed by atoms with Crippen molar-refractivity contribution in [2.45, 2.75) is 25.0 Å². The van der Waals surface area contributed by atoms with E-state index in [0.29, 0.717) is 34.1 Å². The number of Topliss-reactive ketones (excluding diaryl/α,β-unsaturated/α-hetero) is 1. The summed E-state index contributed by atoms with van der Waals surface area (Å²) in [5.74, 6) is 1.47. The van der Waals surface area contributed by atoms with Gasteiger partial charge in [0.05, 0.1) is 26.9 Å². The third kappa shape index (κ3) is 2.97. The summed E-state index contributed by atoms with van der Waals surface area (Å²) in [5.41, 5.74) is -1.32. The Hall–Kier alpha value is -3.19. The molecule has 0 spiro atoms. The summed E-state index contributed by atoms with van der Waals surface area (Å²) in [6.07, 6.45) is 3.77. The summed E-state index contributed by atoms with van der Waals surface area (Å²) in [7, 11) is 4.44. The zero-order valence-corrected chi connectivity index (χ0v) is 17.6. The molecule has 2 aliphatic heterocycles. The summed E-state index contributed by atoms with van der Waals surface area (Å²) in [4.78, 5) is 13.5. The fourth-order valence-electron chi connectivity index (χ4n) is 3.81. The van der Waals surface area contributed by atoms with Crippen molar-refractivity contribution in [1.82, 2.24) is 0 Å². The second-order valence-electron chi connectivity index (χ2n) is 7.78. The first kappa shape index (κ1) is 20.1. The predicted octanol–water partition coefficient (Wildman–Crippen LogP) is 3.36. The molecule has 2 aromatic carbocycles. The van der Waals surface area contributed by atoms with Gasteiger partial charge in [0.1, 0.15) is 46.5 Å². The minimum Gasteiger partial charge on any atom is -0.496 e. The van der Waals surface area contributed by atoms with Crippen LogP contribution in [0.3, 0.4) is 0 Å². The Bertz CT molecular complexity index is 1040. The third-order valence-electron chi connectivity index (χ3n) is 5.36. The van der Waals surface area contributed by atoms with Crippen molar-refractivity contribution >= 4 is 11.9 Å². The maximum atomic E-state index is 13.5. The number of carbonyl (C=O) groups excluding carboxylic acids is 1. The molecule has 2 aromatic rings. The molecule has 7 nitrogen and oxygen atoms in total. The summed E-state index contributed by atoms with van der Waals surface area (Å²) in [6.45, 7) is 3.60. The van der Waals surface area contributed by atoms with Crippen LogP contribution in [-0.4, -0.2) is 44.4 Å². The lowest BCUT2D eigenvalue weighted by Gasteiger charge is -2.35. The molecular weight excluding hydrogens is 388 g/mol. The van der Waals surface area contributed by atoms with Gasteiger partial charge in [0.25, 0.3) is 0 Å². The fourth-order valence-corrected chi connectivity index (χ4v) is 3.81. The molecular formula is C23H24O7. The van der Waals surface area contributed by atoms with Gasteiger partial charge in [-0.2, -0.15) is 0 Å². The van der Waals surface area contributed by atoms with Crippen LogP contribution in [0.4, 0.5) is 0 Å². The number of methoxy groups -OCH3 is 3. The quantitative estimate of drug-likeness (QED) is 0.824. The maximum absolute atomic E-state index is 13.5. The highest BCUT2D eigenvalue weighted by Gasteiger charge is 2.48. The highest BCUT2D eigenvalue weighted by Crippen LogP contribution is 2.47. The molecule has 0 bridgehead atoms. The van der Waals surface area contributed by atoms with Gasteiger partial charge in [-0.15, -0.1) is 0 Å². The number of benzene rings is 2. The highest BCUT2D eigenvalue weighted by molar-refractivity contribution is 6.08. The van der Waals surface area contributed by atoms with E-state index in [4.69, 9.17) is 23.7 Å². The molecule has 0 amide bonds.